The highest BCUT2D eigenvalue weighted by Gasteiger charge is 2.14. The van der Waals surface area contributed by atoms with Crippen LogP contribution in [0.5, 0.6) is 0 Å². The summed E-state index contributed by atoms with van der Waals surface area (Å²) in [5, 5.41) is 19.1. The van der Waals surface area contributed by atoms with Crippen molar-refractivity contribution in [2.24, 2.45) is 0 Å². The molecule has 3 rings (SSSR count). The van der Waals surface area contributed by atoms with Crippen molar-refractivity contribution in [1.82, 2.24) is 29.7 Å². The van der Waals surface area contributed by atoms with Gasteiger partial charge in [0.05, 0.1) is 0 Å². The van der Waals surface area contributed by atoms with E-state index in [4.69, 9.17) is 0 Å². The monoisotopic (exact) mass is 342 g/mol. The number of pyridine rings is 1. The van der Waals surface area contributed by atoms with Crippen molar-refractivity contribution in [3.8, 4) is 11.4 Å². The summed E-state index contributed by atoms with van der Waals surface area (Å²) >= 11 is 1.42. The summed E-state index contributed by atoms with van der Waals surface area (Å²) in [6.07, 6.45) is 4.40. The SMILES string of the molecule is CCCn1c(CO)nnc1Sc1cc(C)nc(-c2cccnc2)n1. The molecule has 0 radical (unpaired) electrons. The molecular formula is C16H18N6OS. The predicted octanol–water partition coefficient (Wildman–Crippen LogP) is 2.49. The Hall–Kier alpha value is -2.32. The van der Waals surface area contributed by atoms with Crippen LogP contribution in [0.3, 0.4) is 0 Å². The minimum atomic E-state index is -0.128. The molecule has 24 heavy (non-hydrogen) atoms. The smallest absolute Gasteiger partial charge is 0.197 e. The number of nitrogens with zero attached hydrogens (tertiary/aromatic N) is 6. The molecule has 0 aromatic carbocycles. The fourth-order valence-corrected chi connectivity index (χ4v) is 3.21. The molecule has 0 saturated carbocycles. The predicted molar refractivity (Wildman–Crippen MR) is 90.4 cm³/mol. The zero-order valence-electron chi connectivity index (χ0n) is 13.5. The van der Waals surface area contributed by atoms with Crippen molar-refractivity contribution in [2.45, 2.75) is 43.6 Å². The highest BCUT2D eigenvalue weighted by molar-refractivity contribution is 7.99. The third-order valence-electron chi connectivity index (χ3n) is 3.33. The topological polar surface area (TPSA) is 89.6 Å². The van der Waals surface area contributed by atoms with Crippen LogP contribution >= 0.6 is 11.8 Å². The number of aryl methyl sites for hydroxylation is 1. The molecule has 3 heterocycles. The average molecular weight is 342 g/mol. The summed E-state index contributed by atoms with van der Waals surface area (Å²) in [4.78, 5) is 13.2. The van der Waals surface area contributed by atoms with Gasteiger partial charge in [-0.15, -0.1) is 10.2 Å². The molecule has 8 heteroatoms. The van der Waals surface area contributed by atoms with Gasteiger partial charge in [0.1, 0.15) is 11.6 Å². The Morgan fingerprint density at radius 1 is 1.25 bits per heavy atom. The Bertz CT molecular complexity index is 821. The third kappa shape index (κ3) is 3.60. The first-order valence-corrected chi connectivity index (χ1v) is 8.49. The van der Waals surface area contributed by atoms with Crippen molar-refractivity contribution in [1.29, 1.82) is 0 Å². The average Bonchev–Trinajstić information content (AvgIpc) is 2.97. The molecule has 1 N–H and O–H groups in total. The molecular weight excluding hydrogens is 324 g/mol. The second-order valence-corrected chi connectivity index (χ2v) is 6.21. The molecule has 7 nitrogen and oxygen atoms in total. The largest absolute Gasteiger partial charge is 0.388 e. The maximum atomic E-state index is 9.40. The Morgan fingerprint density at radius 3 is 2.83 bits per heavy atom. The molecule has 0 saturated heterocycles. The molecule has 0 aliphatic rings. The van der Waals surface area contributed by atoms with Crippen molar-refractivity contribution in [2.75, 3.05) is 0 Å². The zero-order valence-corrected chi connectivity index (χ0v) is 14.4. The molecule has 3 aromatic rings. The number of aliphatic hydroxyl groups excluding tert-OH is 1. The molecule has 0 atom stereocenters. The summed E-state index contributed by atoms with van der Waals surface area (Å²) in [5.74, 6) is 1.20. The maximum Gasteiger partial charge on any atom is 0.197 e. The van der Waals surface area contributed by atoms with Crippen LogP contribution in [0.4, 0.5) is 0 Å². The summed E-state index contributed by atoms with van der Waals surface area (Å²) in [7, 11) is 0. The molecule has 0 spiro atoms. The zero-order chi connectivity index (χ0) is 16.9. The van der Waals surface area contributed by atoms with E-state index in [1.165, 1.54) is 11.8 Å². The lowest BCUT2D eigenvalue weighted by Gasteiger charge is -2.08. The number of hydrogen-bond donors (Lipinski definition) is 1. The number of aliphatic hydroxyl groups is 1. The Kier molecular flexibility index (Phi) is 5.17. The first-order chi connectivity index (χ1) is 11.7. The van der Waals surface area contributed by atoms with E-state index in [0.29, 0.717) is 11.6 Å². The van der Waals surface area contributed by atoms with Gasteiger partial charge in [-0.05, 0) is 43.3 Å². The van der Waals surface area contributed by atoms with Gasteiger partial charge in [0.15, 0.2) is 16.8 Å². The normalized spacial score (nSPS) is 11.0. The van der Waals surface area contributed by atoms with Crippen LogP contribution in [0.25, 0.3) is 11.4 Å². The molecule has 0 bridgehead atoms. The summed E-state index contributed by atoms with van der Waals surface area (Å²) in [6, 6.07) is 5.70. The van der Waals surface area contributed by atoms with Crippen LogP contribution in [0.2, 0.25) is 0 Å². The lowest BCUT2D eigenvalue weighted by atomic mass is 10.2. The standard InChI is InChI=1S/C16H18N6OS/c1-3-7-22-13(10-23)20-21-16(22)24-14-8-11(2)18-15(19-14)12-5-4-6-17-9-12/h4-6,8-9,23H,3,7,10H2,1-2H3. The number of aromatic nitrogens is 6. The van der Waals surface area contributed by atoms with Gasteiger partial charge in [0, 0.05) is 30.2 Å². The molecule has 124 valence electrons. The summed E-state index contributed by atoms with van der Waals surface area (Å²) in [5.41, 5.74) is 1.74. The summed E-state index contributed by atoms with van der Waals surface area (Å²) < 4.78 is 1.92. The van der Waals surface area contributed by atoms with Crippen molar-refractivity contribution in [3.05, 3.63) is 42.1 Å². The molecule has 0 aliphatic heterocycles. The second kappa shape index (κ2) is 7.50. The van der Waals surface area contributed by atoms with E-state index in [1.807, 2.05) is 29.7 Å². The van der Waals surface area contributed by atoms with Crippen LogP contribution in [0.1, 0.15) is 24.9 Å². The maximum absolute atomic E-state index is 9.40. The van der Waals surface area contributed by atoms with Crippen molar-refractivity contribution in [3.63, 3.8) is 0 Å². The van der Waals surface area contributed by atoms with Crippen LogP contribution in [-0.4, -0.2) is 34.8 Å². The quantitative estimate of drug-likeness (QED) is 0.688. The van der Waals surface area contributed by atoms with E-state index in [1.54, 1.807) is 12.4 Å². The van der Waals surface area contributed by atoms with Gasteiger partial charge in [-0.1, -0.05) is 6.92 Å². The molecule has 0 aliphatic carbocycles. The van der Waals surface area contributed by atoms with Gasteiger partial charge in [-0.3, -0.25) is 4.98 Å². The van der Waals surface area contributed by atoms with Gasteiger partial charge in [0.25, 0.3) is 0 Å². The first kappa shape index (κ1) is 16.5. The fourth-order valence-electron chi connectivity index (χ4n) is 2.27. The van der Waals surface area contributed by atoms with Gasteiger partial charge < -0.3 is 9.67 Å². The Labute approximate surface area is 144 Å². The van der Waals surface area contributed by atoms with Crippen molar-refractivity contribution >= 4 is 11.8 Å². The van der Waals surface area contributed by atoms with Gasteiger partial charge in [-0.25, -0.2) is 9.97 Å². The van der Waals surface area contributed by atoms with Gasteiger partial charge >= 0.3 is 0 Å². The van der Waals surface area contributed by atoms with E-state index >= 15 is 0 Å². The highest BCUT2D eigenvalue weighted by Crippen LogP contribution is 2.27. The molecule has 3 aromatic heterocycles. The summed E-state index contributed by atoms with van der Waals surface area (Å²) in [6.45, 7) is 4.63. The Balaban J connectivity index is 1.94. The second-order valence-electron chi connectivity index (χ2n) is 5.22. The molecule has 0 unspecified atom stereocenters. The number of hydrogen-bond acceptors (Lipinski definition) is 7. The number of rotatable bonds is 6. The van der Waals surface area contributed by atoms with E-state index in [9.17, 15) is 5.11 Å². The fraction of sp³-hybridized carbons (Fsp3) is 0.312. The third-order valence-corrected chi connectivity index (χ3v) is 4.23. The van der Waals surface area contributed by atoms with E-state index in [0.717, 1.165) is 34.4 Å². The van der Waals surface area contributed by atoms with Crippen LogP contribution in [-0.2, 0) is 13.2 Å². The van der Waals surface area contributed by atoms with Crippen molar-refractivity contribution < 1.29 is 5.11 Å². The van der Waals surface area contributed by atoms with Crippen LogP contribution in [0.15, 0.2) is 40.8 Å². The van der Waals surface area contributed by atoms with E-state index in [2.05, 4.69) is 32.1 Å². The first-order valence-electron chi connectivity index (χ1n) is 7.68. The van der Waals surface area contributed by atoms with E-state index < -0.39 is 0 Å². The highest BCUT2D eigenvalue weighted by atomic mass is 32.2. The lowest BCUT2D eigenvalue weighted by molar-refractivity contribution is 0.263. The lowest BCUT2D eigenvalue weighted by Crippen LogP contribution is -2.05. The van der Waals surface area contributed by atoms with Crippen LogP contribution < -0.4 is 0 Å². The minimum Gasteiger partial charge on any atom is -0.388 e. The molecule has 0 amide bonds. The van der Waals surface area contributed by atoms with Gasteiger partial charge in [0.2, 0.25) is 0 Å². The van der Waals surface area contributed by atoms with Crippen LogP contribution in [0, 0.1) is 6.92 Å². The minimum absolute atomic E-state index is 0.128. The van der Waals surface area contributed by atoms with Gasteiger partial charge in [-0.2, -0.15) is 0 Å². The molecule has 0 fully saturated rings. The van der Waals surface area contributed by atoms with E-state index in [-0.39, 0.29) is 6.61 Å². The Morgan fingerprint density at radius 2 is 2.12 bits per heavy atom.